The van der Waals surface area contributed by atoms with Gasteiger partial charge in [-0.15, -0.1) is 0 Å². The second kappa shape index (κ2) is 7.64. The third-order valence-electron chi connectivity index (χ3n) is 4.03. The van der Waals surface area contributed by atoms with E-state index in [1.807, 2.05) is 84.9 Å². The number of hydrogen-bond donors (Lipinski definition) is 0. The molecular weight excluding hydrogens is 404 g/mol. The molecule has 3 aromatic carbocycles. The summed E-state index contributed by atoms with van der Waals surface area (Å²) in [4.78, 5) is 12.2. The topological polar surface area (TPSA) is 35.5 Å². The van der Waals surface area contributed by atoms with E-state index in [0.717, 1.165) is 27.1 Å². The van der Waals surface area contributed by atoms with Crippen molar-refractivity contribution in [2.24, 2.45) is 0 Å². The Morgan fingerprint density at radius 1 is 0.815 bits per heavy atom. The van der Waals surface area contributed by atoms with Gasteiger partial charge >= 0.3 is 5.97 Å². The third kappa shape index (κ3) is 4.18. The number of benzene rings is 3. The molecule has 0 fully saturated rings. The Morgan fingerprint density at radius 3 is 2.19 bits per heavy atom. The van der Waals surface area contributed by atoms with Crippen molar-refractivity contribution in [3.8, 4) is 11.5 Å². The summed E-state index contributed by atoms with van der Waals surface area (Å²) in [5, 5.41) is 0. The van der Waals surface area contributed by atoms with Gasteiger partial charge < -0.3 is 9.47 Å². The van der Waals surface area contributed by atoms with Crippen LogP contribution >= 0.6 is 15.9 Å². The molecule has 0 atom stereocenters. The first-order valence-electron chi connectivity index (χ1n) is 8.42. The lowest BCUT2D eigenvalue weighted by Gasteiger charge is -2.06. The molecule has 1 aliphatic heterocycles. The lowest BCUT2D eigenvalue weighted by Crippen LogP contribution is -1.97. The molecule has 3 nitrogen and oxygen atoms in total. The SMILES string of the molecule is O=C1OC(c2ccc(Oc3ccccc3)cc2)=C/C1=C\c1ccc(Br)cc1. The minimum Gasteiger partial charge on any atom is -0.457 e. The van der Waals surface area contributed by atoms with E-state index in [2.05, 4.69) is 15.9 Å². The van der Waals surface area contributed by atoms with Crippen LogP contribution in [0.2, 0.25) is 0 Å². The Bertz CT molecular complexity index is 1020. The van der Waals surface area contributed by atoms with Gasteiger partial charge in [-0.2, -0.15) is 0 Å². The van der Waals surface area contributed by atoms with Gasteiger partial charge in [-0.3, -0.25) is 0 Å². The van der Waals surface area contributed by atoms with Crippen LogP contribution in [0.15, 0.2) is 95.0 Å². The molecule has 0 spiro atoms. The molecule has 0 aliphatic carbocycles. The van der Waals surface area contributed by atoms with Crippen LogP contribution in [-0.2, 0) is 9.53 Å². The van der Waals surface area contributed by atoms with Gasteiger partial charge in [0.25, 0.3) is 0 Å². The number of halogens is 1. The normalized spacial score (nSPS) is 14.8. The molecule has 3 aromatic rings. The van der Waals surface area contributed by atoms with Crippen LogP contribution in [0, 0.1) is 0 Å². The number of cyclic esters (lactones) is 1. The van der Waals surface area contributed by atoms with Gasteiger partial charge in [-0.05, 0) is 66.2 Å². The Kier molecular flexibility index (Phi) is 4.90. The predicted octanol–water partition coefficient (Wildman–Crippen LogP) is 6.22. The summed E-state index contributed by atoms with van der Waals surface area (Å²) in [6, 6.07) is 24.8. The Morgan fingerprint density at radius 2 is 1.48 bits per heavy atom. The Hall–Kier alpha value is -3.11. The van der Waals surface area contributed by atoms with E-state index in [1.165, 1.54) is 0 Å². The first-order chi connectivity index (χ1) is 13.2. The van der Waals surface area contributed by atoms with Gasteiger partial charge in [-0.1, -0.05) is 46.3 Å². The predicted molar refractivity (Wildman–Crippen MR) is 109 cm³/mol. The average Bonchev–Trinajstić information content (AvgIpc) is 3.05. The molecule has 1 heterocycles. The lowest BCUT2D eigenvalue weighted by atomic mass is 10.1. The van der Waals surface area contributed by atoms with Crippen LogP contribution in [0.5, 0.6) is 11.5 Å². The largest absolute Gasteiger partial charge is 0.457 e. The van der Waals surface area contributed by atoms with Crippen LogP contribution in [0.3, 0.4) is 0 Å². The molecular formula is C23H15BrO3. The van der Waals surface area contributed by atoms with Crippen molar-refractivity contribution in [2.45, 2.75) is 0 Å². The van der Waals surface area contributed by atoms with Crippen molar-refractivity contribution in [3.63, 3.8) is 0 Å². The molecule has 0 amide bonds. The maximum atomic E-state index is 12.2. The minimum absolute atomic E-state index is 0.350. The van der Waals surface area contributed by atoms with Crippen LogP contribution < -0.4 is 4.74 Å². The highest BCUT2D eigenvalue weighted by Crippen LogP contribution is 2.29. The molecule has 0 saturated heterocycles. The maximum absolute atomic E-state index is 12.2. The maximum Gasteiger partial charge on any atom is 0.343 e. The average molecular weight is 419 g/mol. The van der Waals surface area contributed by atoms with Crippen molar-refractivity contribution >= 4 is 33.7 Å². The highest BCUT2D eigenvalue weighted by Gasteiger charge is 2.22. The van der Waals surface area contributed by atoms with Crippen LogP contribution in [0.25, 0.3) is 11.8 Å². The number of esters is 1. The van der Waals surface area contributed by atoms with Crippen LogP contribution in [0.4, 0.5) is 0 Å². The quantitative estimate of drug-likeness (QED) is 0.372. The molecule has 0 N–H and O–H groups in total. The van der Waals surface area contributed by atoms with Crippen molar-refractivity contribution in [2.75, 3.05) is 0 Å². The fraction of sp³-hybridized carbons (Fsp3) is 0. The minimum atomic E-state index is -0.350. The summed E-state index contributed by atoms with van der Waals surface area (Å²) in [6.45, 7) is 0. The lowest BCUT2D eigenvalue weighted by molar-refractivity contribution is -0.130. The van der Waals surface area contributed by atoms with E-state index in [0.29, 0.717) is 11.3 Å². The summed E-state index contributed by atoms with van der Waals surface area (Å²) >= 11 is 3.40. The standard InChI is InChI=1S/C23H15BrO3/c24-19-10-6-16(7-11-19)14-18-15-22(27-23(18)25)17-8-12-21(13-9-17)26-20-4-2-1-3-5-20/h1-15H/b18-14+. The first-order valence-corrected chi connectivity index (χ1v) is 9.21. The molecule has 1 aliphatic rings. The summed E-state index contributed by atoms with van der Waals surface area (Å²) in [5.41, 5.74) is 2.29. The van der Waals surface area contributed by atoms with Gasteiger partial charge in [0.1, 0.15) is 17.3 Å². The van der Waals surface area contributed by atoms with Gasteiger partial charge in [0.05, 0.1) is 5.57 Å². The summed E-state index contributed by atoms with van der Waals surface area (Å²) in [5.74, 6) is 1.68. The van der Waals surface area contributed by atoms with Crippen molar-refractivity contribution in [3.05, 3.63) is 106 Å². The molecule has 0 radical (unpaired) electrons. The van der Waals surface area contributed by atoms with Gasteiger partial charge in [-0.25, -0.2) is 4.79 Å². The smallest absolute Gasteiger partial charge is 0.343 e. The highest BCUT2D eigenvalue weighted by molar-refractivity contribution is 9.10. The number of hydrogen-bond acceptors (Lipinski definition) is 3. The zero-order valence-electron chi connectivity index (χ0n) is 14.3. The summed E-state index contributed by atoms with van der Waals surface area (Å²) < 4.78 is 12.2. The first kappa shape index (κ1) is 17.3. The summed E-state index contributed by atoms with van der Waals surface area (Å²) in [6.07, 6.45) is 3.58. The summed E-state index contributed by atoms with van der Waals surface area (Å²) in [7, 11) is 0. The van der Waals surface area contributed by atoms with Gasteiger partial charge in [0, 0.05) is 10.0 Å². The molecule has 0 saturated carbocycles. The van der Waals surface area contributed by atoms with E-state index in [-0.39, 0.29) is 5.97 Å². The fourth-order valence-corrected chi connectivity index (χ4v) is 2.95. The van der Waals surface area contributed by atoms with Gasteiger partial charge in [0.2, 0.25) is 0 Å². The van der Waals surface area contributed by atoms with E-state index in [9.17, 15) is 4.79 Å². The van der Waals surface area contributed by atoms with E-state index < -0.39 is 0 Å². The number of carbonyl (C=O) groups is 1. The number of rotatable bonds is 4. The molecule has 4 rings (SSSR count). The Labute approximate surface area is 165 Å². The van der Waals surface area contributed by atoms with Crippen molar-refractivity contribution in [1.29, 1.82) is 0 Å². The molecule has 27 heavy (non-hydrogen) atoms. The third-order valence-corrected chi connectivity index (χ3v) is 4.56. The zero-order chi connectivity index (χ0) is 18.6. The number of ether oxygens (including phenoxy) is 2. The highest BCUT2D eigenvalue weighted by atomic mass is 79.9. The van der Waals surface area contributed by atoms with Crippen LogP contribution in [-0.4, -0.2) is 5.97 Å². The van der Waals surface area contributed by atoms with E-state index in [4.69, 9.17) is 9.47 Å². The zero-order valence-corrected chi connectivity index (χ0v) is 15.8. The fourth-order valence-electron chi connectivity index (χ4n) is 2.68. The number of para-hydroxylation sites is 1. The van der Waals surface area contributed by atoms with E-state index in [1.54, 1.807) is 6.08 Å². The molecule has 132 valence electrons. The molecule has 0 unspecified atom stereocenters. The second-order valence-electron chi connectivity index (χ2n) is 5.99. The number of carbonyl (C=O) groups excluding carboxylic acids is 1. The van der Waals surface area contributed by atoms with Crippen molar-refractivity contribution in [1.82, 2.24) is 0 Å². The monoisotopic (exact) mass is 418 g/mol. The molecule has 0 bridgehead atoms. The molecule has 0 aromatic heterocycles. The van der Waals surface area contributed by atoms with Crippen molar-refractivity contribution < 1.29 is 14.3 Å². The Balaban J connectivity index is 1.53. The second-order valence-corrected chi connectivity index (χ2v) is 6.90. The van der Waals surface area contributed by atoms with Crippen LogP contribution in [0.1, 0.15) is 11.1 Å². The van der Waals surface area contributed by atoms with Gasteiger partial charge in [0.15, 0.2) is 0 Å². The van der Waals surface area contributed by atoms with E-state index >= 15 is 0 Å². The molecule has 4 heteroatoms.